The van der Waals surface area contributed by atoms with Crippen LogP contribution in [0.1, 0.15) is 38.7 Å². The average Bonchev–Trinajstić information content (AvgIpc) is 2.83. The maximum atomic E-state index is 13.2. The molecule has 7 nitrogen and oxygen atoms in total. The van der Waals surface area contributed by atoms with Gasteiger partial charge in [0.05, 0.1) is 6.04 Å². The smallest absolute Gasteiger partial charge is 0.270 e. The Balaban J connectivity index is 1.78. The molecular formula is C20H25FN4O3. The largest absolute Gasteiger partial charge is 0.335 e. The third-order valence-corrected chi connectivity index (χ3v) is 5.20. The molecule has 0 bridgehead atoms. The third kappa shape index (κ3) is 4.55. The highest BCUT2D eigenvalue weighted by molar-refractivity contribution is 6.39. The Hall–Kier alpha value is -2.77. The van der Waals surface area contributed by atoms with E-state index in [1.807, 2.05) is 13.8 Å². The monoisotopic (exact) mass is 388 g/mol. The molecule has 0 radical (unpaired) electrons. The minimum absolute atomic E-state index is 0.0304. The van der Waals surface area contributed by atoms with E-state index < -0.39 is 0 Å². The van der Waals surface area contributed by atoms with Crippen molar-refractivity contribution in [3.63, 3.8) is 0 Å². The fourth-order valence-corrected chi connectivity index (χ4v) is 3.53. The second-order valence-electron chi connectivity index (χ2n) is 7.55. The van der Waals surface area contributed by atoms with Crippen LogP contribution in [0.3, 0.4) is 0 Å². The predicted molar refractivity (Wildman–Crippen MR) is 102 cm³/mol. The van der Waals surface area contributed by atoms with Gasteiger partial charge in [0, 0.05) is 38.9 Å². The van der Waals surface area contributed by atoms with Crippen LogP contribution in [-0.2, 0) is 20.9 Å². The maximum absolute atomic E-state index is 13.2. The first-order valence-corrected chi connectivity index (χ1v) is 9.53. The highest BCUT2D eigenvalue weighted by Gasteiger charge is 2.35. The predicted octanol–water partition coefficient (Wildman–Crippen LogP) is 1.68. The Morgan fingerprint density at radius 3 is 2.54 bits per heavy atom. The lowest BCUT2D eigenvalue weighted by molar-refractivity contribution is -0.134. The van der Waals surface area contributed by atoms with E-state index in [0.29, 0.717) is 31.8 Å². The van der Waals surface area contributed by atoms with Crippen molar-refractivity contribution in [2.45, 2.75) is 45.7 Å². The van der Waals surface area contributed by atoms with E-state index >= 15 is 0 Å². The van der Waals surface area contributed by atoms with Gasteiger partial charge in [-0.3, -0.25) is 14.4 Å². The van der Waals surface area contributed by atoms with E-state index in [1.165, 1.54) is 12.1 Å². The van der Waals surface area contributed by atoms with Crippen molar-refractivity contribution in [1.29, 1.82) is 0 Å². The van der Waals surface area contributed by atoms with Gasteiger partial charge in [-0.1, -0.05) is 26.0 Å². The summed E-state index contributed by atoms with van der Waals surface area (Å²) in [6, 6.07) is 5.95. The summed E-state index contributed by atoms with van der Waals surface area (Å²) in [7, 11) is 0. The Morgan fingerprint density at radius 2 is 1.93 bits per heavy atom. The third-order valence-electron chi connectivity index (χ3n) is 5.20. The van der Waals surface area contributed by atoms with Crippen molar-refractivity contribution in [2.24, 2.45) is 11.0 Å². The van der Waals surface area contributed by atoms with Gasteiger partial charge in [0.1, 0.15) is 11.5 Å². The first kappa shape index (κ1) is 20.0. The summed E-state index contributed by atoms with van der Waals surface area (Å²) in [6.45, 7) is 5.12. The van der Waals surface area contributed by atoms with Crippen LogP contribution in [-0.4, -0.2) is 52.4 Å². The number of halogens is 1. The molecule has 2 aliphatic heterocycles. The molecule has 150 valence electrons. The Morgan fingerprint density at radius 1 is 1.21 bits per heavy atom. The van der Waals surface area contributed by atoms with Crippen LogP contribution in [0.4, 0.5) is 4.39 Å². The van der Waals surface area contributed by atoms with Gasteiger partial charge >= 0.3 is 0 Å². The van der Waals surface area contributed by atoms with E-state index in [-0.39, 0.29) is 48.3 Å². The van der Waals surface area contributed by atoms with E-state index in [0.717, 1.165) is 5.56 Å². The number of hydrogen-bond donors (Lipinski definition) is 1. The number of amides is 3. The van der Waals surface area contributed by atoms with Crippen molar-refractivity contribution in [1.82, 2.24) is 15.2 Å². The van der Waals surface area contributed by atoms with Gasteiger partial charge < -0.3 is 9.80 Å². The summed E-state index contributed by atoms with van der Waals surface area (Å²) >= 11 is 0. The molecule has 0 aliphatic carbocycles. The molecule has 3 rings (SSSR count). The maximum Gasteiger partial charge on any atom is 0.270 e. The number of hydrazone groups is 1. The normalized spacial score (nSPS) is 20.7. The lowest BCUT2D eigenvalue weighted by atomic mass is 10.0. The number of rotatable bonds is 4. The quantitative estimate of drug-likeness (QED) is 0.852. The summed E-state index contributed by atoms with van der Waals surface area (Å²) in [5, 5.41) is 3.89. The second-order valence-corrected chi connectivity index (χ2v) is 7.55. The van der Waals surface area contributed by atoms with Crippen LogP contribution in [0.5, 0.6) is 0 Å². The Kier molecular flexibility index (Phi) is 6.06. The summed E-state index contributed by atoms with van der Waals surface area (Å²) in [6.07, 6.45) is 0.762. The van der Waals surface area contributed by atoms with Gasteiger partial charge in [0.25, 0.3) is 5.91 Å². The lowest BCUT2D eigenvalue weighted by Crippen LogP contribution is -2.48. The Bertz CT molecular complexity index is 791. The number of nitrogens with zero attached hydrogens (tertiary/aromatic N) is 3. The summed E-state index contributed by atoms with van der Waals surface area (Å²) in [5.74, 6) is -0.651. The molecule has 1 atom stereocenters. The van der Waals surface area contributed by atoms with Crippen molar-refractivity contribution in [3.05, 3.63) is 35.6 Å². The first-order chi connectivity index (χ1) is 13.3. The zero-order chi connectivity index (χ0) is 20.3. The van der Waals surface area contributed by atoms with Gasteiger partial charge in [0.2, 0.25) is 11.8 Å². The minimum Gasteiger partial charge on any atom is -0.335 e. The minimum atomic E-state index is -0.316. The SMILES string of the molecule is CC(C)C1CN(C(=O)C2=NNC(=O)CC2)CCC(=O)N1Cc1ccc(F)cc1. The van der Waals surface area contributed by atoms with Crippen molar-refractivity contribution >= 4 is 23.4 Å². The average molecular weight is 388 g/mol. The molecule has 0 saturated carbocycles. The topological polar surface area (TPSA) is 82.1 Å². The van der Waals surface area contributed by atoms with E-state index in [2.05, 4.69) is 10.5 Å². The molecular weight excluding hydrogens is 363 g/mol. The Labute approximate surface area is 163 Å². The lowest BCUT2D eigenvalue weighted by Gasteiger charge is -2.35. The van der Waals surface area contributed by atoms with Crippen LogP contribution < -0.4 is 5.43 Å². The molecule has 8 heteroatoms. The van der Waals surface area contributed by atoms with Gasteiger partial charge in [-0.2, -0.15) is 5.10 Å². The van der Waals surface area contributed by atoms with E-state index in [9.17, 15) is 18.8 Å². The zero-order valence-corrected chi connectivity index (χ0v) is 16.2. The second kappa shape index (κ2) is 8.50. The molecule has 1 fully saturated rings. The van der Waals surface area contributed by atoms with Gasteiger partial charge in [-0.15, -0.1) is 0 Å². The molecule has 1 N–H and O–H groups in total. The van der Waals surface area contributed by atoms with Crippen LogP contribution in [0, 0.1) is 11.7 Å². The van der Waals surface area contributed by atoms with Crippen molar-refractivity contribution in [2.75, 3.05) is 13.1 Å². The fraction of sp³-hybridized carbons (Fsp3) is 0.500. The number of benzene rings is 1. The molecule has 0 aromatic heterocycles. The highest BCUT2D eigenvalue weighted by atomic mass is 19.1. The molecule has 1 aromatic carbocycles. The van der Waals surface area contributed by atoms with Gasteiger partial charge in [0.15, 0.2) is 0 Å². The first-order valence-electron chi connectivity index (χ1n) is 9.53. The molecule has 0 spiro atoms. The van der Waals surface area contributed by atoms with E-state index in [4.69, 9.17) is 0 Å². The van der Waals surface area contributed by atoms with Crippen LogP contribution >= 0.6 is 0 Å². The van der Waals surface area contributed by atoms with Crippen molar-refractivity contribution in [3.8, 4) is 0 Å². The fourth-order valence-electron chi connectivity index (χ4n) is 3.53. The number of nitrogens with one attached hydrogen (secondary N) is 1. The van der Waals surface area contributed by atoms with Crippen molar-refractivity contribution < 1.29 is 18.8 Å². The highest BCUT2D eigenvalue weighted by Crippen LogP contribution is 2.22. The molecule has 3 amide bonds. The van der Waals surface area contributed by atoms with Gasteiger partial charge in [-0.25, -0.2) is 9.82 Å². The molecule has 2 heterocycles. The molecule has 1 unspecified atom stereocenters. The summed E-state index contributed by atoms with van der Waals surface area (Å²) in [4.78, 5) is 40.4. The number of carbonyl (C=O) groups is 3. The van der Waals surface area contributed by atoms with Crippen LogP contribution in [0.2, 0.25) is 0 Å². The zero-order valence-electron chi connectivity index (χ0n) is 16.2. The number of carbonyl (C=O) groups excluding carboxylic acids is 3. The van der Waals surface area contributed by atoms with Crippen LogP contribution in [0.15, 0.2) is 29.4 Å². The van der Waals surface area contributed by atoms with Crippen LogP contribution in [0.25, 0.3) is 0 Å². The van der Waals surface area contributed by atoms with Gasteiger partial charge in [-0.05, 0) is 23.6 Å². The molecule has 1 aromatic rings. The number of hydrogen-bond acceptors (Lipinski definition) is 4. The molecule has 2 aliphatic rings. The standard InChI is InChI=1S/C20H25FN4O3/c1-13(2)17-12-24(20(28)16-7-8-18(26)23-22-16)10-9-19(27)25(17)11-14-3-5-15(21)6-4-14/h3-6,13,17H,7-12H2,1-2H3,(H,23,26). The molecule has 28 heavy (non-hydrogen) atoms. The summed E-state index contributed by atoms with van der Waals surface area (Å²) in [5.41, 5.74) is 3.52. The summed E-state index contributed by atoms with van der Waals surface area (Å²) < 4.78 is 13.2. The van der Waals surface area contributed by atoms with E-state index in [1.54, 1.807) is 21.9 Å². The molecule has 1 saturated heterocycles.